The van der Waals surface area contributed by atoms with Crippen LogP contribution < -0.4 is 20.4 Å². The molecule has 0 aromatic heterocycles. The first-order chi connectivity index (χ1) is 36.4. The molecule has 86 heavy (non-hydrogen) atoms. The molecule has 4 amide bonds. The predicted octanol–water partition coefficient (Wildman–Crippen LogP) is -4.40. The van der Waals surface area contributed by atoms with Crippen LogP contribution in [0, 0.1) is 10.4 Å². The van der Waals surface area contributed by atoms with Gasteiger partial charge in [0.1, 0.15) is 0 Å². The van der Waals surface area contributed by atoms with Crippen LogP contribution in [0.25, 0.3) is 0 Å². The molecule has 0 spiro atoms. The summed E-state index contributed by atoms with van der Waals surface area (Å²) >= 11 is 0. The molecule has 2 aliphatic rings. The van der Waals surface area contributed by atoms with Gasteiger partial charge >= 0.3 is 78.1 Å². The largest absolute Gasteiger partial charge is 2.00 e. The van der Waals surface area contributed by atoms with Crippen molar-refractivity contribution in [2.75, 3.05) is 165 Å². The third-order valence-electron chi connectivity index (χ3n) is 7.01. The van der Waals surface area contributed by atoms with E-state index >= 15 is 0 Å². The van der Waals surface area contributed by atoms with Crippen LogP contribution >= 0.6 is 0 Å². The summed E-state index contributed by atoms with van der Waals surface area (Å²) in [5.41, 5.74) is -11.3. The summed E-state index contributed by atoms with van der Waals surface area (Å²) in [7, 11) is 21.2. The fourth-order valence-electron chi connectivity index (χ4n) is 3.07. The third-order valence-corrected chi connectivity index (χ3v) is 8.15. The molecule has 0 saturated carbocycles. The number of hydrogen-bond acceptors (Lipinski definition) is 28. The number of hydroxylamine groups is 4. The van der Waals surface area contributed by atoms with E-state index in [0.29, 0.717) is 12.8 Å². The maximum atomic E-state index is 10.7. The molecule has 30 nitrogen and oxygen atoms in total. The van der Waals surface area contributed by atoms with Gasteiger partial charge in [-0.25, -0.2) is 16.8 Å². The molecule has 0 unspecified atom stereocenters. The maximum absolute atomic E-state index is 10.7. The van der Waals surface area contributed by atoms with Crippen LogP contribution in [0.4, 0.5) is 26.3 Å². The summed E-state index contributed by atoms with van der Waals surface area (Å²) in [6.07, 6.45) is 1.92. The van der Waals surface area contributed by atoms with Gasteiger partial charge in [0.15, 0.2) is 20.2 Å². The van der Waals surface area contributed by atoms with Gasteiger partial charge in [0.25, 0.3) is 0 Å². The van der Waals surface area contributed by atoms with Crippen molar-refractivity contribution in [1.82, 2.24) is 49.3 Å². The first-order valence-corrected chi connectivity index (χ1v) is 26.2. The van der Waals surface area contributed by atoms with Crippen LogP contribution in [0.5, 0.6) is 0 Å². The van der Waals surface area contributed by atoms with E-state index in [1.165, 1.54) is 0 Å². The van der Waals surface area contributed by atoms with E-state index in [-0.39, 0.29) is 103 Å². The summed E-state index contributed by atoms with van der Waals surface area (Å²) in [5.74, 6) is -6.75. The first-order valence-electron chi connectivity index (χ1n) is 23.4. The molecule has 42 heteroatoms. The van der Waals surface area contributed by atoms with Crippen LogP contribution in [0.3, 0.4) is 0 Å². The molecule has 2 rings (SSSR count). The number of nitrogens with zero attached hydrogens (tertiary/aromatic N) is 10. The van der Waals surface area contributed by atoms with Gasteiger partial charge in [0.2, 0.25) is 23.6 Å². The van der Waals surface area contributed by atoms with Crippen LogP contribution in [0.15, 0.2) is 0 Å². The molecule has 2 fully saturated rings. The zero-order valence-corrected chi connectivity index (χ0v) is 57.8. The Bertz CT molecular complexity index is 1670. The van der Waals surface area contributed by atoms with Gasteiger partial charge in [-0.1, -0.05) is 0 Å². The number of aliphatic carboxylic acids is 4. The predicted molar refractivity (Wildman–Crippen MR) is 281 cm³/mol. The summed E-state index contributed by atoms with van der Waals surface area (Å²) in [6, 6.07) is 0. The molecular weight excluding hydrogens is 1400 g/mol. The quantitative estimate of drug-likeness (QED) is 0.0770. The Kier molecular flexibility index (Phi) is 93.0. The summed E-state index contributed by atoms with van der Waals surface area (Å²) in [5, 5.41) is 56.1. The van der Waals surface area contributed by atoms with Crippen molar-refractivity contribution in [2.24, 2.45) is 0 Å². The molecule has 0 N–H and O–H groups in total. The van der Waals surface area contributed by atoms with Gasteiger partial charge in [-0.2, -0.15) is 26.3 Å². The molecule has 2 saturated heterocycles. The smallest absolute Gasteiger partial charge is 0.750 e. The molecule has 0 aromatic carbocycles. The number of rotatable bonds is 12. The molecule has 2 heterocycles. The Labute approximate surface area is 545 Å². The van der Waals surface area contributed by atoms with Gasteiger partial charge in [0.05, 0.1) is 0 Å². The van der Waals surface area contributed by atoms with Crippen LogP contribution in [0.1, 0.15) is 66.2 Å². The van der Waals surface area contributed by atoms with E-state index in [2.05, 4.69) is 152 Å². The second kappa shape index (κ2) is 68.1. The number of likely N-dealkylation sites (N-methyl/N-ethyl adjacent to an activating group) is 8. The standard InChI is InChI=1S/4C6H16N2.2C5H6NO3.4C2H4O2.2CHF3O3S.4Co/c4*1-7(2)5-6-8(3)4;2*7-4-2-1-3-5(8)6(4)9;4*1-2(3)4;2*2-1(3,4)8(5,6)7;;;;/h4*5-6H2,1-4H3;2*1-3H2;4*1H3,(H,3,4);2*(H,5,6,7);;;;/q;;;;2*-1;;;;;;;4*+2/p-6. The Morgan fingerprint density at radius 2 is 0.442 bits per heavy atom. The fourth-order valence-corrected chi connectivity index (χ4v) is 3.07. The minimum Gasteiger partial charge on any atom is -0.750 e. The summed E-state index contributed by atoms with van der Waals surface area (Å²) < 4.78 is 118. The number of imide groups is 2. The number of piperidine rings is 2. The third kappa shape index (κ3) is 131. The topological polar surface area (TPSA) is 422 Å². The number of carboxylic acid groups (broad SMARTS) is 4. The fraction of sp³-hybridized carbons (Fsp3) is 0.818. The second-order valence-electron chi connectivity index (χ2n) is 18.1. The Hall–Kier alpha value is -2.81. The van der Waals surface area contributed by atoms with Crippen LogP contribution in [-0.2, 0) is 126 Å². The molecule has 4 radical (unpaired) electrons. The molecule has 524 valence electrons. The van der Waals surface area contributed by atoms with E-state index in [9.17, 15) is 55.9 Å². The number of alkyl halides is 6. The van der Waals surface area contributed by atoms with Gasteiger partial charge in [-0.05, 0) is 153 Å². The minimum atomic E-state index is -6.09. The van der Waals surface area contributed by atoms with Crippen molar-refractivity contribution in [2.45, 2.75) is 77.2 Å². The zero-order chi connectivity index (χ0) is 68.3. The first kappa shape index (κ1) is 117. The van der Waals surface area contributed by atoms with Gasteiger partial charge in [-0.3, -0.25) is 19.2 Å². The van der Waals surface area contributed by atoms with E-state index in [1.54, 1.807) is 0 Å². The van der Waals surface area contributed by atoms with Crippen molar-refractivity contribution in [3.8, 4) is 0 Å². The van der Waals surface area contributed by atoms with E-state index in [1.807, 2.05) is 0 Å². The molecule has 2 aliphatic heterocycles. The number of carbonyl (C=O) groups is 8. The van der Waals surface area contributed by atoms with E-state index in [0.717, 1.165) is 80.1 Å². The van der Waals surface area contributed by atoms with Crippen molar-refractivity contribution < 1.29 is 178 Å². The second-order valence-corrected chi connectivity index (χ2v) is 20.8. The molecule has 0 aromatic rings. The summed E-state index contributed by atoms with van der Waals surface area (Å²) in [4.78, 5) is 94.6. The number of halogens is 6. The summed E-state index contributed by atoms with van der Waals surface area (Å²) in [6.45, 7) is 13.1. The van der Waals surface area contributed by atoms with E-state index in [4.69, 9.17) is 65.5 Å². The molecule has 0 aliphatic carbocycles. The van der Waals surface area contributed by atoms with E-state index < -0.39 is 78.8 Å². The van der Waals surface area contributed by atoms with Gasteiger partial charge in [-0.15, -0.1) is 0 Å². The normalized spacial score (nSPS) is 12.3. The van der Waals surface area contributed by atoms with Gasteiger partial charge in [0, 0.05) is 102 Å². The molecule has 0 bridgehead atoms. The van der Waals surface area contributed by atoms with Crippen molar-refractivity contribution in [3.63, 3.8) is 0 Å². The number of carboxylic acids is 4. The Balaban J connectivity index is -0.0000000551. The average molecular weight is 1490 g/mol. The van der Waals surface area contributed by atoms with Crippen molar-refractivity contribution in [3.05, 3.63) is 10.4 Å². The molecular formula is C44H88Co4F6N10O20S2. The number of carbonyl (C=O) groups excluding carboxylic acids is 8. The van der Waals surface area contributed by atoms with Crippen molar-refractivity contribution in [1.29, 1.82) is 0 Å². The van der Waals surface area contributed by atoms with Crippen molar-refractivity contribution >= 4 is 67.7 Å². The monoisotopic (exact) mass is 1490 g/mol. The van der Waals surface area contributed by atoms with Gasteiger partial charge < -0.3 is 108 Å². The number of hydrogen-bond donors (Lipinski definition) is 0. The maximum Gasteiger partial charge on any atom is 2.00 e. The zero-order valence-electron chi connectivity index (χ0n) is 52.0. The molecule has 0 atom stereocenters. The Morgan fingerprint density at radius 1 is 0.360 bits per heavy atom. The van der Waals surface area contributed by atoms with Crippen LogP contribution in [-0.4, -0.2) is 299 Å². The number of amides is 4. The van der Waals surface area contributed by atoms with Crippen LogP contribution in [0.2, 0.25) is 0 Å². The SMILES string of the molecule is CC(=O)[O-].CC(=O)[O-].CC(=O)[O-].CC(=O)[O-].CN(C)CCN(C)C.CN(C)CCN(C)C.CN(C)CCN(C)C.CN(C)CCN(C)C.O=C1CCCC(=O)N1[O-].O=C1CCCC(=O)N1[O-].O=S(=O)([O-])C(F)(F)F.O=S(=O)([O-])C(F)(F)F.[Co+2].[Co+2].[Co+2].[Co+2]. The Morgan fingerprint density at radius 3 is 0.488 bits per heavy atom. The average Bonchev–Trinajstić information content (AvgIpc) is 3.24. The minimum absolute atomic E-state index is 0.